The number of nitrogens with one attached hydrogen (secondary N) is 1. The summed E-state index contributed by atoms with van der Waals surface area (Å²) >= 11 is 1.78. The molecule has 1 saturated heterocycles. The van der Waals surface area contributed by atoms with E-state index in [1.165, 1.54) is 9.75 Å². The van der Waals surface area contributed by atoms with E-state index in [4.69, 9.17) is 4.98 Å². The molecule has 1 aliphatic rings. The Kier molecular flexibility index (Phi) is 3.75. The number of aryl methyl sites for hydroxylation is 1. The zero-order valence-electron chi connectivity index (χ0n) is 11.1. The summed E-state index contributed by atoms with van der Waals surface area (Å²) in [6.07, 6.45) is 3.01. The van der Waals surface area contributed by atoms with Gasteiger partial charge in [-0.05, 0) is 38.1 Å². The van der Waals surface area contributed by atoms with E-state index in [0.29, 0.717) is 0 Å². The summed E-state index contributed by atoms with van der Waals surface area (Å²) in [5, 5.41) is 3.40. The molecular weight excluding hydrogens is 256 g/mol. The van der Waals surface area contributed by atoms with Crippen LogP contribution in [-0.4, -0.2) is 36.1 Å². The highest BCUT2D eigenvalue weighted by Crippen LogP contribution is 2.26. The molecule has 0 saturated carbocycles. The van der Waals surface area contributed by atoms with Crippen molar-refractivity contribution in [3.05, 3.63) is 29.3 Å². The lowest BCUT2D eigenvalue weighted by molar-refractivity contribution is 0.724. The topological polar surface area (TPSA) is 41.1 Å². The van der Waals surface area contributed by atoms with Crippen molar-refractivity contribution in [3.8, 4) is 10.6 Å². The number of aromatic nitrogens is 2. The third kappa shape index (κ3) is 2.93. The third-order valence-corrected chi connectivity index (χ3v) is 4.28. The van der Waals surface area contributed by atoms with E-state index in [0.717, 1.165) is 44.2 Å². The third-order valence-electron chi connectivity index (χ3n) is 3.26. The average Bonchev–Trinajstić information content (AvgIpc) is 2.71. The quantitative estimate of drug-likeness (QED) is 0.912. The van der Waals surface area contributed by atoms with Crippen LogP contribution in [0, 0.1) is 6.92 Å². The summed E-state index contributed by atoms with van der Waals surface area (Å²) in [5.41, 5.74) is 1.03. The molecule has 0 atom stereocenters. The smallest absolute Gasteiger partial charge is 0.225 e. The van der Waals surface area contributed by atoms with Crippen LogP contribution in [0.15, 0.2) is 24.4 Å². The Morgan fingerprint density at radius 2 is 2.16 bits per heavy atom. The van der Waals surface area contributed by atoms with E-state index in [1.807, 2.05) is 12.3 Å². The van der Waals surface area contributed by atoms with Crippen LogP contribution >= 0.6 is 11.3 Å². The van der Waals surface area contributed by atoms with Gasteiger partial charge in [-0.3, -0.25) is 0 Å². The van der Waals surface area contributed by atoms with Crippen LogP contribution in [0.1, 0.15) is 11.3 Å². The molecule has 1 fully saturated rings. The van der Waals surface area contributed by atoms with Crippen molar-refractivity contribution in [2.45, 2.75) is 13.3 Å². The molecule has 2 aromatic rings. The maximum atomic E-state index is 4.72. The molecule has 0 aromatic carbocycles. The maximum absolute atomic E-state index is 4.72. The lowest BCUT2D eigenvalue weighted by atomic mass is 10.3. The summed E-state index contributed by atoms with van der Waals surface area (Å²) in [6.45, 7) is 6.22. The minimum atomic E-state index is 0.854. The Morgan fingerprint density at radius 1 is 1.21 bits per heavy atom. The molecular formula is C14H18N4S. The van der Waals surface area contributed by atoms with E-state index >= 15 is 0 Å². The van der Waals surface area contributed by atoms with E-state index in [2.05, 4.69) is 34.3 Å². The maximum Gasteiger partial charge on any atom is 0.225 e. The molecule has 0 amide bonds. The van der Waals surface area contributed by atoms with Crippen molar-refractivity contribution < 1.29 is 0 Å². The van der Waals surface area contributed by atoms with Crippen molar-refractivity contribution in [3.63, 3.8) is 0 Å². The van der Waals surface area contributed by atoms with Crippen molar-refractivity contribution in [1.82, 2.24) is 15.3 Å². The van der Waals surface area contributed by atoms with Gasteiger partial charge in [0.15, 0.2) is 0 Å². The first-order chi connectivity index (χ1) is 9.33. The number of anilines is 1. The van der Waals surface area contributed by atoms with Crippen molar-refractivity contribution in [1.29, 1.82) is 0 Å². The molecule has 0 aliphatic carbocycles. The second-order valence-electron chi connectivity index (χ2n) is 4.74. The van der Waals surface area contributed by atoms with Crippen LogP contribution < -0.4 is 10.2 Å². The number of hydrogen-bond acceptors (Lipinski definition) is 5. The summed E-state index contributed by atoms with van der Waals surface area (Å²) < 4.78 is 0. The summed E-state index contributed by atoms with van der Waals surface area (Å²) in [4.78, 5) is 13.9. The molecule has 3 rings (SSSR count). The first kappa shape index (κ1) is 12.6. The van der Waals surface area contributed by atoms with Gasteiger partial charge in [-0.25, -0.2) is 9.97 Å². The molecule has 19 heavy (non-hydrogen) atoms. The first-order valence-electron chi connectivity index (χ1n) is 6.68. The summed E-state index contributed by atoms with van der Waals surface area (Å²) in [5.74, 6) is 0.854. The number of hydrogen-bond donors (Lipinski definition) is 1. The molecule has 4 nitrogen and oxygen atoms in total. The van der Waals surface area contributed by atoms with Crippen molar-refractivity contribution >= 4 is 17.3 Å². The van der Waals surface area contributed by atoms with Gasteiger partial charge in [0.1, 0.15) is 0 Å². The number of nitrogens with zero attached hydrogens (tertiary/aromatic N) is 3. The SMILES string of the molecule is Cc1ccc(-c2ccnc(N3CCCNCC3)n2)s1. The van der Waals surface area contributed by atoms with Crippen LogP contribution in [0.5, 0.6) is 0 Å². The fraction of sp³-hybridized carbons (Fsp3) is 0.429. The molecule has 2 aromatic heterocycles. The van der Waals surface area contributed by atoms with Crippen LogP contribution in [0.25, 0.3) is 10.6 Å². The fourth-order valence-corrected chi connectivity index (χ4v) is 3.09. The van der Waals surface area contributed by atoms with Gasteiger partial charge in [-0.1, -0.05) is 0 Å². The number of rotatable bonds is 2. The first-order valence-corrected chi connectivity index (χ1v) is 7.50. The Hall–Kier alpha value is -1.46. The minimum Gasteiger partial charge on any atom is -0.339 e. The van der Waals surface area contributed by atoms with E-state index in [-0.39, 0.29) is 0 Å². The van der Waals surface area contributed by atoms with Gasteiger partial charge in [-0.15, -0.1) is 11.3 Å². The standard InChI is InChI=1S/C14H18N4S/c1-11-3-4-13(19-11)12-5-7-16-14(17-12)18-9-2-6-15-8-10-18/h3-5,7,15H,2,6,8-10H2,1H3. The second kappa shape index (κ2) is 5.67. The van der Waals surface area contributed by atoms with Gasteiger partial charge >= 0.3 is 0 Å². The second-order valence-corrected chi connectivity index (χ2v) is 6.03. The van der Waals surface area contributed by atoms with E-state index in [9.17, 15) is 0 Å². The molecule has 5 heteroatoms. The zero-order chi connectivity index (χ0) is 13.1. The van der Waals surface area contributed by atoms with Gasteiger partial charge in [0.25, 0.3) is 0 Å². The van der Waals surface area contributed by atoms with Gasteiger partial charge in [0.05, 0.1) is 10.6 Å². The molecule has 100 valence electrons. The predicted molar refractivity (Wildman–Crippen MR) is 79.8 cm³/mol. The largest absolute Gasteiger partial charge is 0.339 e. The minimum absolute atomic E-state index is 0.854. The van der Waals surface area contributed by atoms with Crippen molar-refractivity contribution in [2.75, 3.05) is 31.1 Å². The monoisotopic (exact) mass is 274 g/mol. The molecule has 0 bridgehead atoms. The highest BCUT2D eigenvalue weighted by atomic mass is 32.1. The average molecular weight is 274 g/mol. The van der Waals surface area contributed by atoms with E-state index in [1.54, 1.807) is 11.3 Å². The van der Waals surface area contributed by atoms with Gasteiger partial charge in [0.2, 0.25) is 5.95 Å². The Bertz CT molecular complexity index is 544. The lowest BCUT2D eigenvalue weighted by Crippen LogP contribution is -2.29. The zero-order valence-corrected chi connectivity index (χ0v) is 11.9. The van der Waals surface area contributed by atoms with Crippen LogP contribution in [0.4, 0.5) is 5.95 Å². The molecule has 0 radical (unpaired) electrons. The van der Waals surface area contributed by atoms with Gasteiger partial charge in [0, 0.05) is 30.7 Å². The molecule has 1 aliphatic heterocycles. The molecule has 0 unspecified atom stereocenters. The Balaban J connectivity index is 1.86. The normalized spacial score (nSPS) is 16.4. The summed E-state index contributed by atoms with van der Waals surface area (Å²) in [6, 6.07) is 6.26. The fourth-order valence-electron chi connectivity index (χ4n) is 2.26. The van der Waals surface area contributed by atoms with E-state index < -0.39 is 0 Å². The molecule has 3 heterocycles. The number of thiophene rings is 1. The molecule has 0 spiro atoms. The van der Waals surface area contributed by atoms with Gasteiger partial charge < -0.3 is 10.2 Å². The van der Waals surface area contributed by atoms with Crippen LogP contribution in [-0.2, 0) is 0 Å². The lowest BCUT2D eigenvalue weighted by Gasteiger charge is -2.19. The van der Waals surface area contributed by atoms with Crippen molar-refractivity contribution in [2.24, 2.45) is 0 Å². The van der Waals surface area contributed by atoms with Crippen LogP contribution in [0.2, 0.25) is 0 Å². The Labute approximate surface area is 117 Å². The Morgan fingerprint density at radius 3 is 3.00 bits per heavy atom. The molecule has 1 N–H and O–H groups in total. The summed E-state index contributed by atoms with van der Waals surface area (Å²) in [7, 11) is 0. The van der Waals surface area contributed by atoms with Gasteiger partial charge in [-0.2, -0.15) is 0 Å². The highest BCUT2D eigenvalue weighted by molar-refractivity contribution is 7.15. The highest BCUT2D eigenvalue weighted by Gasteiger charge is 2.13. The predicted octanol–water partition coefficient (Wildman–Crippen LogP) is 2.31. The van der Waals surface area contributed by atoms with Crippen LogP contribution in [0.3, 0.4) is 0 Å².